The van der Waals surface area contributed by atoms with Gasteiger partial charge in [-0.3, -0.25) is 0 Å². The fourth-order valence-electron chi connectivity index (χ4n) is 2.45. The Hall–Kier alpha value is -1.19. The number of fused-ring (bicyclic) bond motifs is 3. The predicted molar refractivity (Wildman–Crippen MR) is 69.6 cm³/mol. The van der Waals surface area contributed by atoms with Crippen LogP contribution in [0.1, 0.15) is 23.7 Å². The molecule has 3 rings (SSSR count). The molecule has 0 radical (unpaired) electrons. The second kappa shape index (κ2) is 4.18. The number of halogens is 3. The number of hydrogen-bond donors (Lipinski definition) is 0. The van der Waals surface area contributed by atoms with Crippen molar-refractivity contribution >= 4 is 23.2 Å². The van der Waals surface area contributed by atoms with Crippen LogP contribution in [0.3, 0.4) is 0 Å². The number of nitrogens with zero attached hydrogens (tertiary/aromatic N) is 2. The summed E-state index contributed by atoms with van der Waals surface area (Å²) in [5, 5.41) is 0.418. The molecule has 1 aliphatic carbocycles. The third-order valence-corrected chi connectivity index (χ3v) is 3.66. The maximum absolute atomic E-state index is 13.6. The normalized spacial score (nSPS) is 12.4. The van der Waals surface area contributed by atoms with Gasteiger partial charge in [0.25, 0.3) is 0 Å². The van der Waals surface area contributed by atoms with E-state index in [1.54, 1.807) is 6.07 Å². The Morgan fingerprint density at radius 1 is 1.28 bits per heavy atom. The molecule has 0 spiro atoms. The maximum Gasteiger partial charge on any atom is 0.224 e. The van der Waals surface area contributed by atoms with Crippen molar-refractivity contribution in [3.05, 3.63) is 45.2 Å². The predicted octanol–water partition coefficient (Wildman–Crippen LogP) is 4.06. The van der Waals surface area contributed by atoms with Gasteiger partial charge in [0.15, 0.2) is 0 Å². The van der Waals surface area contributed by atoms with Crippen LogP contribution in [0.5, 0.6) is 0 Å². The Morgan fingerprint density at radius 3 is 2.78 bits per heavy atom. The van der Waals surface area contributed by atoms with Crippen LogP contribution in [0.4, 0.5) is 4.39 Å². The van der Waals surface area contributed by atoms with Crippen molar-refractivity contribution in [3.63, 3.8) is 0 Å². The molecule has 1 aromatic heterocycles. The highest BCUT2D eigenvalue weighted by molar-refractivity contribution is 6.34. The fourth-order valence-corrected chi connectivity index (χ4v) is 2.97. The Balaban J connectivity index is 2.31. The highest BCUT2D eigenvalue weighted by Gasteiger charge is 2.26. The zero-order valence-electron chi connectivity index (χ0n) is 9.60. The van der Waals surface area contributed by atoms with E-state index in [2.05, 4.69) is 9.97 Å². The van der Waals surface area contributed by atoms with Crippen LogP contribution in [0.15, 0.2) is 12.1 Å². The summed E-state index contributed by atoms with van der Waals surface area (Å²) in [5.41, 5.74) is 4.34. The third kappa shape index (κ3) is 1.70. The van der Waals surface area contributed by atoms with Gasteiger partial charge in [0.05, 0.1) is 5.69 Å². The molecule has 18 heavy (non-hydrogen) atoms. The van der Waals surface area contributed by atoms with Gasteiger partial charge in [0.1, 0.15) is 11.0 Å². The van der Waals surface area contributed by atoms with Gasteiger partial charge < -0.3 is 0 Å². The Kier molecular flexibility index (Phi) is 2.76. The van der Waals surface area contributed by atoms with Gasteiger partial charge in [0.2, 0.25) is 5.28 Å². The molecule has 0 saturated carbocycles. The van der Waals surface area contributed by atoms with Crippen molar-refractivity contribution in [1.29, 1.82) is 0 Å². The molecule has 92 valence electrons. The van der Waals surface area contributed by atoms with E-state index >= 15 is 0 Å². The van der Waals surface area contributed by atoms with E-state index in [9.17, 15) is 4.39 Å². The van der Waals surface area contributed by atoms with Gasteiger partial charge in [-0.2, -0.15) is 0 Å². The van der Waals surface area contributed by atoms with Crippen molar-refractivity contribution < 1.29 is 4.39 Å². The monoisotopic (exact) mass is 282 g/mol. The molecule has 1 aromatic carbocycles. The van der Waals surface area contributed by atoms with Crippen molar-refractivity contribution in [3.8, 4) is 11.1 Å². The summed E-state index contributed by atoms with van der Waals surface area (Å²) >= 11 is 11.9. The van der Waals surface area contributed by atoms with E-state index < -0.39 is 0 Å². The summed E-state index contributed by atoms with van der Waals surface area (Å²) in [6.45, 7) is 2.00. The first-order chi connectivity index (χ1) is 8.60. The largest absolute Gasteiger partial charge is 0.224 e. The zero-order chi connectivity index (χ0) is 12.9. The molecule has 0 amide bonds. The third-order valence-electron chi connectivity index (χ3n) is 3.21. The number of hydrogen-bond acceptors (Lipinski definition) is 2. The smallest absolute Gasteiger partial charge is 0.222 e. The van der Waals surface area contributed by atoms with Crippen molar-refractivity contribution in [2.75, 3.05) is 0 Å². The van der Waals surface area contributed by atoms with Crippen LogP contribution in [-0.2, 0) is 12.8 Å². The Labute approximate surface area is 114 Å². The quantitative estimate of drug-likeness (QED) is 0.497. The second-order valence-corrected chi connectivity index (χ2v) is 4.92. The first kappa shape index (κ1) is 11.9. The lowest BCUT2D eigenvalue weighted by atomic mass is 10.00. The molecule has 0 fully saturated rings. The molecule has 1 aliphatic rings. The summed E-state index contributed by atoms with van der Waals surface area (Å²) in [7, 11) is 0. The van der Waals surface area contributed by atoms with E-state index in [4.69, 9.17) is 23.2 Å². The molecular weight excluding hydrogens is 274 g/mol. The van der Waals surface area contributed by atoms with E-state index in [0.29, 0.717) is 12.0 Å². The van der Waals surface area contributed by atoms with Crippen LogP contribution < -0.4 is 0 Å². The lowest BCUT2D eigenvalue weighted by molar-refractivity contribution is 0.625. The van der Waals surface area contributed by atoms with E-state index in [0.717, 1.165) is 28.8 Å². The maximum atomic E-state index is 13.6. The van der Waals surface area contributed by atoms with Crippen LogP contribution in [0.2, 0.25) is 10.4 Å². The van der Waals surface area contributed by atoms with E-state index in [-0.39, 0.29) is 16.3 Å². The van der Waals surface area contributed by atoms with Crippen LogP contribution in [0, 0.1) is 5.82 Å². The molecule has 0 bridgehead atoms. The number of aryl methyl sites for hydroxylation is 1. The molecule has 0 N–H and O–H groups in total. The Bertz CT molecular complexity index is 656. The lowest BCUT2D eigenvalue weighted by Gasteiger charge is -2.07. The van der Waals surface area contributed by atoms with Gasteiger partial charge in [0, 0.05) is 12.0 Å². The summed E-state index contributed by atoms with van der Waals surface area (Å²) < 4.78 is 13.6. The topological polar surface area (TPSA) is 25.8 Å². The first-order valence-corrected chi connectivity index (χ1v) is 6.39. The molecule has 0 atom stereocenters. The highest BCUT2D eigenvalue weighted by Crippen LogP contribution is 2.41. The number of rotatable bonds is 1. The molecule has 1 heterocycles. The standard InChI is InChI=1S/C13H9Cl2FN2/c1-2-6-3-7(16)4-9-8(6)5-10-11(9)12(14)18-13(15)17-10/h3-4H,2,5H2,1H3. The fraction of sp³-hybridized carbons (Fsp3) is 0.231. The molecular formula is C13H9Cl2FN2. The summed E-state index contributed by atoms with van der Waals surface area (Å²) in [4.78, 5) is 8.11. The minimum atomic E-state index is -0.260. The minimum Gasteiger partial charge on any atom is -0.222 e. The average Bonchev–Trinajstić information content (AvgIpc) is 2.65. The molecule has 2 aromatic rings. The first-order valence-electron chi connectivity index (χ1n) is 5.63. The SMILES string of the molecule is CCc1cc(F)cc2c1Cc1nc(Cl)nc(Cl)c1-2. The van der Waals surface area contributed by atoms with Gasteiger partial charge in [-0.15, -0.1) is 0 Å². The zero-order valence-corrected chi connectivity index (χ0v) is 11.1. The van der Waals surface area contributed by atoms with Crippen LogP contribution in [-0.4, -0.2) is 9.97 Å². The second-order valence-electron chi connectivity index (χ2n) is 4.23. The van der Waals surface area contributed by atoms with Gasteiger partial charge in [-0.05, 0) is 46.8 Å². The minimum absolute atomic E-state index is 0.130. The summed E-state index contributed by atoms with van der Waals surface area (Å²) in [5.74, 6) is -0.260. The summed E-state index contributed by atoms with van der Waals surface area (Å²) in [6, 6.07) is 3.05. The van der Waals surface area contributed by atoms with E-state index in [1.807, 2.05) is 6.92 Å². The molecule has 0 unspecified atom stereocenters. The van der Waals surface area contributed by atoms with Crippen LogP contribution >= 0.6 is 23.2 Å². The van der Waals surface area contributed by atoms with Crippen molar-refractivity contribution in [1.82, 2.24) is 9.97 Å². The molecule has 0 saturated heterocycles. The van der Waals surface area contributed by atoms with Gasteiger partial charge >= 0.3 is 0 Å². The lowest BCUT2D eigenvalue weighted by Crippen LogP contribution is -1.93. The molecule has 0 aliphatic heterocycles. The number of benzene rings is 1. The summed E-state index contributed by atoms with van der Waals surface area (Å²) in [6.07, 6.45) is 1.41. The molecule has 5 heteroatoms. The van der Waals surface area contributed by atoms with Crippen molar-refractivity contribution in [2.45, 2.75) is 19.8 Å². The van der Waals surface area contributed by atoms with E-state index in [1.165, 1.54) is 6.07 Å². The van der Waals surface area contributed by atoms with Crippen molar-refractivity contribution in [2.24, 2.45) is 0 Å². The highest BCUT2D eigenvalue weighted by atomic mass is 35.5. The average molecular weight is 283 g/mol. The van der Waals surface area contributed by atoms with Gasteiger partial charge in [-0.1, -0.05) is 18.5 Å². The van der Waals surface area contributed by atoms with Gasteiger partial charge in [-0.25, -0.2) is 14.4 Å². The van der Waals surface area contributed by atoms with Crippen LogP contribution in [0.25, 0.3) is 11.1 Å². The Morgan fingerprint density at radius 2 is 2.06 bits per heavy atom. The number of aromatic nitrogens is 2. The molecule has 2 nitrogen and oxygen atoms in total.